The molecule has 1 aromatic rings. The van der Waals surface area contributed by atoms with Crippen LogP contribution in [-0.2, 0) is 0 Å². The Hall–Kier alpha value is -1.51. The minimum atomic E-state index is 0.803. The molecular weight excluding hydrogens is 150 g/mol. The third-order valence-electron chi connectivity index (χ3n) is 1.93. The van der Waals surface area contributed by atoms with Gasteiger partial charge in [-0.15, -0.1) is 0 Å². The summed E-state index contributed by atoms with van der Waals surface area (Å²) in [7, 11) is 0. The van der Waals surface area contributed by atoms with Crippen LogP contribution in [0.25, 0.3) is 0 Å². The van der Waals surface area contributed by atoms with Crippen molar-refractivity contribution in [2.45, 2.75) is 0 Å². The Morgan fingerprint density at radius 2 is 2.00 bits per heavy atom. The molecule has 0 saturated heterocycles. The van der Waals surface area contributed by atoms with Crippen LogP contribution in [0, 0.1) is 0 Å². The van der Waals surface area contributed by atoms with Crippen molar-refractivity contribution >= 4 is 11.5 Å². The maximum Gasteiger partial charge on any atom is 0.275 e. The lowest BCUT2D eigenvalue weighted by molar-refractivity contribution is -0.444. The van der Waals surface area contributed by atoms with Crippen molar-refractivity contribution in [1.82, 2.24) is 5.32 Å². The lowest BCUT2D eigenvalue weighted by Crippen LogP contribution is -2.70. The van der Waals surface area contributed by atoms with E-state index in [-0.39, 0.29) is 0 Å². The van der Waals surface area contributed by atoms with Crippen molar-refractivity contribution in [3.8, 4) is 0 Å². The number of hydrogen-bond acceptors (Lipinski definition) is 2. The van der Waals surface area contributed by atoms with Crippen LogP contribution in [0.2, 0.25) is 0 Å². The standard InChI is InChI=1S/C9H11N3/c10-8-3-1-7(2-4-8)9-11-5-6-12-9/h1-4H,5-6,10H2,(H,11,12)/p+1. The third kappa shape index (κ3) is 1.25. The van der Waals surface area contributed by atoms with Crippen LogP contribution in [0.5, 0.6) is 0 Å². The van der Waals surface area contributed by atoms with E-state index in [1.54, 1.807) is 0 Å². The highest BCUT2D eigenvalue weighted by atomic mass is 15.1. The van der Waals surface area contributed by atoms with Gasteiger partial charge in [-0.3, -0.25) is 10.3 Å². The molecule has 3 heteroatoms. The first-order chi connectivity index (χ1) is 5.86. The zero-order valence-corrected chi connectivity index (χ0v) is 6.80. The number of nitrogen functional groups attached to an aromatic ring is 1. The first-order valence-electron chi connectivity index (χ1n) is 4.07. The fraction of sp³-hybridized carbons (Fsp3) is 0.222. The number of hydrogen-bond donors (Lipinski definition) is 3. The number of rotatable bonds is 1. The molecule has 1 heterocycles. The molecule has 4 N–H and O–H groups in total. The van der Waals surface area contributed by atoms with Gasteiger partial charge in [0.2, 0.25) is 0 Å². The Morgan fingerprint density at radius 1 is 1.25 bits per heavy atom. The molecule has 0 fully saturated rings. The lowest BCUT2D eigenvalue weighted by atomic mass is 10.2. The van der Waals surface area contributed by atoms with Gasteiger partial charge in [0.15, 0.2) is 0 Å². The molecule has 2 rings (SSSR count). The molecule has 1 aliphatic rings. The number of anilines is 1. The first kappa shape index (κ1) is 7.16. The predicted molar refractivity (Wildman–Crippen MR) is 48.8 cm³/mol. The normalized spacial score (nSPS) is 15.5. The zero-order valence-electron chi connectivity index (χ0n) is 6.80. The van der Waals surface area contributed by atoms with E-state index in [4.69, 9.17) is 5.73 Å². The van der Waals surface area contributed by atoms with Gasteiger partial charge in [-0.25, -0.2) is 0 Å². The van der Waals surface area contributed by atoms with Crippen LogP contribution in [0.4, 0.5) is 5.69 Å². The third-order valence-corrected chi connectivity index (χ3v) is 1.93. The molecule has 0 radical (unpaired) electrons. The molecule has 1 aromatic carbocycles. The van der Waals surface area contributed by atoms with Crippen molar-refractivity contribution < 1.29 is 4.99 Å². The topological polar surface area (TPSA) is 52.0 Å². The molecule has 0 aliphatic carbocycles. The molecule has 0 unspecified atom stereocenters. The second-order valence-corrected chi connectivity index (χ2v) is 2.85. The van der Waals surface area contributed by atoms with Crippen LogP contribution in [-0.4, -0.2) is 18.9 Å². The SMILES string of the molecule is Nc1ccc(C2=[NH+]CCN2)cc1. The summed E-state index contributed by atoms with van der Waals surface area (Å²) in [6, 6.07) is 7.83. The summed E-state index contributed by atoms with van der Waals surface area (Å²) in [6.45, 7) is 2.00. The van der Waals surface area contributed by atoms with E-state index in [9.17, 15) is 0 Å². The summed E-state index contributed by atoms with van der Waals surface area (Å²) >= 11 is 0. The Balaban J connectivity index is 2.28. The molecule has 0 spiro atoms. The summed E-state index contributed by atoms with van der Waals surface area (Å²) in [5.74, 6) is 1.11. The molecule has 3 nitrogen and oxygen atoms in total. The van der Waals surface area contributed by atoms with Gasteiger partial charge in [0, 0.05) is 5.69 Å². The summed E-state index contributed by atoms with van der Waals surface area (Å²) in [4.78, 5) is 3.26. The van der Waals surface area contributed by atoms with Gasteiger partial charge >= 0.3 is 0 Å². The van der Waals surface area contributed by atoms with Crippen molar-refractivity contribution in [3.63, 3.8) is 0 Å². The van der Waals surface area contributed by atoms with Crippen LogP contribution in [0.1, 0.15) is 5.56 Å². The average molecular weight is 162 g/mol. The second kappa shape index (κ2) is 2.85. The van der Waals surface area contributed by atoms with E-state index in [2.05, 4.69) is 10.3 Å². The smallest absolute Gasteiger partial charge is 0.275 e. The Morgan fingerprint density at radius 3 is 2.58 bits per heavy atom. The molecular formula is C9H12N3+. The highest BCUT2D eigenvalue weighted by Gasteiger charge is 2.13. The average Bonchev–Trinajstić information content (AvgIpc) is 2.58. The van der Waals surface area contributed by atoms with Crippen molar-refractivity contribution in [1.29, 1.82) is 0 Å². The van der Waals surface area contributed by atoms with Crippen LogP contribution in [0.15, 0.2) is 24.3 Å². The van der Waals surface area contributed by atoms with Gasteiger partial charge in [-0.05, 0) is 24.3 Å². The maximum atomic E-state index is 5.58. The number of amidine groups is 1. The summed E-state index contributed by atoms with van der Waals surface area (Å²) in [5.41, 5.74) is 7.55. The van der Waals surface area contributed by atoms with Gasteiger partial charge in [0.05, 0.1) is 5.56 Å². The largest absolute Gasteiger partial charge is 0.399 e. The predicted octanol–water partition coefficient (Wildman–Crippen LogP) is -1.30. The van der Waals surface area contributed by atoms with E-state index < -0.39 is 0 Å². The van der Waals surface area contributed by atoms with Gasteiger partial charge in [0.1, 0.15) is 13.1 Å². The number of benzene rings is 1. The lowest BCUT2D eigenvalue weighted by Gasteiger charge is -1.96. The van der Waals surface area contributed by atoms with E-state index in [0.717, 1.165) is 24.6 Å². The summed E-state index contributed by atoms with van der Waals surface area (Å²) < 4.78 is 0. The summed E-state index contributed by atoms with van der Waals surface area (Å²) in [6.07, 6.45) is 0. The molecule has 0 amide bonds. The molecule has 0 atom stereocenters. The number of nitrogens with two attached hydrogens (primary N) is 1. The van der Waals surface area contributed by atoms with Gasteiger partial charge < -0.3 is 5.73 Å². The molecule has 1 aliphatic heterocycles. The summed E-state index contributed by atoms with van der Waals surface area (Å²) in [5, 5.41) is 3.26. The highest BCUT2D eigenvalue weighted by molar-refractivity contribution is 5.95. The van der Waals surface area contributed by atoms with Gasteiger partial charge in [-0.2, -0.15) is 0 Å². The molecule has 0 aromatic heterocycles. The Bertz CT molecular complexity index is 300. The minimum absolute atomic E-state index is 0.803. The van der Waals surface area contributed by atoms with E-state index in [1.165, 1.54) is 5.56 Å². The van der Waals surface area contributed by atoms with E-state index >= 15 is 0 Å². The van der Waals surface area contributed by atoms with Crippen molar-refractivity contribution in [2.75, 3.05) is 18.8 Å². The zero-order chi connectivity index (χ0) is 8.39. The van der Waals surface area contributed by atoms with Gasteiger partial charge in [-0.1, -0.05) is 0 Å². The van der Waals surface area contributed by atoms with Gasteiger partial charge in [0.25, 0.3) is 5.84 Å². The first-order valence-corrected chi connectivity index (χ1v) is 4.07. The fourth-order valence-electron chi connectivity index (χ4n) is 1.29. The molecule has 0 saturated carbocycles. The van der Waals surface area contributed by atoms with E-state index in [0.29, 0.717) is 0 Å². The monoisotopic (exact) mass is 162 g/mol. The fourth-order valence-corrected chi connectivity index (χ4v) is 1.29. The number of nitrogens with one attached hydrogen (secondary N) is 2. The maximum absolute atomic E-state index is 5.58. The van der Waals surface area contributed by atoms with Crippen LogP contribution < -0.4 is 16.0 Å². The highest BCUT2D eigenvalue weighted by Crippen LogP contribution is 2.04. The molecule has 62 valence electrons. The second-order valence-electron chi connectivity index (χ2n) is 2.85. The minimum Gasteiger partial charge on any atom is -0.399 e. The van der Waals surface area contributed by atoms with Crippen LogP contribution in [0.3, 0.4) is 0 Å². The molecule has 0 bridgehead atoms. The Kier molecular flexibility index (Phi) is 1.70. The van der Waals surface area contributed by atoms with Crippen molar-refractivity contribution in [3.05, 3.63) is 29.8 Å². The molecule has 12 heavy (non-hydrogen) atoms. The van der Waals surface area contributed by atoms with Crippen LogP contribution >= 0.6 is 0 Å². The quantitative estimate of drug-likeness (QED) is 0.450. The van der Waals surface area contributed by atoms with Crippen molar-refractivity contribution in [2.24, 2.45) is 0 Å². The Labute approximate surface area is 71.3 Å². The van der Waals surface area contributed by atoms with E-state index in [1.807, 2.05) is 24.3 Å².